The normalized spacial score (nSPS) is 12.5. The van der Waals surface area contributed by atoms with Gasteiger partial charge in [-0.3, -0.25) is 4.98 Å². The summed E-state index contributed by atoms with van der Waals surface area (Å²) in [4.78, 5) is 4.30. The number of pyridine rings is 1. The summed E-state index contributed by atoms with van der Waals surface area (Å²) in [7, 11) is 1.95. The van der Waals surface area contributed by atoms with E-state index in [1.165, 1.54) is 11.1 Å². The average Bonchev–Trinajstić information content (AvgIpc) is 2.43. The van der Waals surface area contributed by atoms with Gasteiger partial charge in [-0.1, -0.05) is 33.6 Å². The van der Waals surface area contributed by atoms with E-state index in [2.05, 4.69) is 51.4 Å². The van der Waals surface area contributed by atoms with Crippen molar-refractivity contribution in [3.63, 3.8) is 0 Å². The van der Waals surface area contributed by atoms with Crippen molar-refractivity contribution in [2.45, 2.75) is 32.9 Å². The molecular weight excluding hydrogens is 328 g/mol. The molecule has 0 aliphatic heterocycles. The maximum absolute atomic E-state index is 5.74. The fourth-order valence-electron chi connectivity index (χ4n) is 2.32. The number of hydrogen-bond donors (Lipinski definition) is 1. The second kappa shape index (κ2) is 7.05. The van der Waals surface area contributed by atoms with E-state index in [1.54, 1.807) is 6.20 Å². The molecule has 2 aromatic rings. The molecule has 0 spiro atoms. The zero-order valence-electron chi connectivity index (χ0n) is 12.9. The molecule has 1 N–H and O–H groups in total. The molecule has 1 heterocycles. The molecule has 1 aromatic heterocycles. The van der Waals surface area contributed by atoms with Gasteiger partial charge in [0.25, 0.3) is 0 Å². The minimum Gasteiger partial charge on any atom is -0.489 e. The maximum Gasteiger partial charge on any atom is 0.138 e. The number of aryl methyl sites for hydroxylation is 1. The van der Waals surface area contributed by atoms with E-state index < -0.39 is 0 Å². The van der Waals surface area contributed by atoms with Crippen LogP contribution in [0.15, 0.2) is 41.1 Å². The summed E-state index contributed by atoms with van der Waals surface area (Å²) in [5, 5.41) is 3.36. The van der Waals surface area contributed by atoms with Gasteiger partial charge in [-0.25, -0.2) is 0 Å². The Morgan fingerprint density at radius 3 is 2.62 bits per heavy atom. The summed E-state index contributed by atoms with van der Waals surface area (Å²) < 4.78 is 6.82. The van der Waals surface area contributed by atoms with E-state index in [0.717, 1.165) is 15.8 Å². The van der Waals surface area contributed by atoms with Crippen molar-refractivity contribution >= 4 is 15.9 Å². The van der Waals surface area contributed by atoms with Crippen LogP contribution in [0.4, 0.5) is 0 Å². The molecule has 0 saturated carbocycles. The first kappa shape index (κ1) is 16.0. The Morgan fingerprint density at radius 2 is 1.95 bits per heavy atom. The number of nitrogens with one attached hydrogen (secondary N) is 1. The molecule has 3 nitrogen and oxygen atoms in total. The monoisotopic (exact) mass is 348 g/mol. The van der Waals surface area contributed by atoms with Crippen LogP contribution < -0.4 is 10.1 Å². The molecule has 0 radical (unpaired) electrons. The summed E-state index contributed by atoms with van der Waals surface area (Å²) in [6.45, 7) is 6.12. The predicted molar refractivity (Wildman–Crippen MR) is 89.8 cm³/mol. The highest BCUT2D eigenvalue weighted by Crippen LogP contribution is 2.30. The molecular formula is C17H21BrN2O. The van der Waals surface area contributed by atoms with Gasteiger partial charge in [0, 0.05) is 10.7 Å². The highest BCUT2D eigenvalue weighted by atomic mass is 79.9. The lowest BCUT2D eigenvalue weighted by Gasteiger charge is -2.20. The number of aromatic nitrogens is 1. The van der Waals surface area contributed by atoms with Crippen LogP contribution in [0, 0.1) is 6.92 Å². The molecule has 1 unspecified atom stereocenters. The Balaban J connectivity index is 2.39. The zero-order chi connectivity index (χ0) is 15.4. The molecule has 112 valence electrons. The largest absolute Gasteiger partial charge is 0.489 e. The van der Waals surface area contributed by atoms with Gasteiger partial charge in [0.15, 0.2) is 0 Å². The van der Waals surface area contributed by atoms with Crippen LogP contribution in [0.1, 0.15) is 36.6 Å². The van der Waals surface area contributed by atoms with Crippen molar-refractivity contribution in [2.75, 3.05) is 7.05 Å². The van der Waals surface area contributed by atoms with E-state index >= 15 is 0 Å². The van der Waals surface area contributed by atoms with Gasteiger partial charge in [0.2, 0.25) is 0 Å². The smallest absolute Gasteiger partial charge is 0.138 e. The highest BCUT2D eigenvalue weighted by molar-refractivity contribution is 9.10. The molecule has 1 aromatic carbocycles. The molecule has 0 fully saturated rings. The molecule has 0 amide bonds. The molecule has 0 aliphatic carbocycles. The third-order valence-corrected chi connectivity index (χ3v) is 3.91. The third-order valence-electron chi connectivity index (χ3n) is 3.19. The van der Waals surface area contributed by atoms with Crippen molar-refractivity contribution in [1.29, 1.82) is 0 Å². The fraction of sp³-hybridized carbons (Fsp3) is 0.353. The lowest BCUT2D eigenvalue weighted by atomic mass is 9.98. The second-order valence-electron chi connectivity index (χ2n) is 5.37. The van der Waals surface area contributed by atoms with Gasteiger partial charge in [-0.15, -0.1) is 0 Å². The van der Waals surface area contributed by atoms with Gasteiger partial charge in [0.05, 0.1) is 18.3 Å². The Labute approximate surface area is 134 Å². The van der Waals surface area contributed by atoms with Crippen LogP contribution in [0.2, 0.25) is 0 Å². The number of ether oxygens (including phenoxy) is 1. The summed E-state index contributed by atoms with van der Waals surface area (Å²) in [5.41, 5.74) is 3.51. The molecule has 0 bridgehead atoms. The van der Waals surface area contributed by atoms with E-state index in [-0.39, 0.29) is 12.1 Å². The van der Waals surface area contributed by atoms with Crippen LogP contribution in [-0.4, -0.2) is 18.1 Å². The first-order chi connectivity index (χ1) is 10.0. The van der Waals surface area contributed by atoms with Crippen LogP contribution >= 0.6 is 15.9 Å². The predicted octanol–water partition coefficient (Wildman–Crippen LogP) is 4.25. The average molecular weight is 349 g/mol. The van der Waals surface area contributed by atoms with Crippen molar-refractivity contribution < 1.29 is 4.74 Å². The Kier molecular flexibility index (Phi) is 5.37. The molecule has 0 aliphatic rings. The summed E-state index contributed by atoms with van der Waals surface area (Å²) in [5.74, 6) is 0.798. The molecule has 1 atom stereocenters. The highest BCUT2D eigenvalue weighted by Gasteiger charge is 2.16. The van der Waals surface area contributed by atoms with Gasteiger partial charge >= 0.3 is 0 Å². The van der Waals surface area contributed by atoms with Gasteiger partial charge in [0.1, 0.15) is 5.75 Å². The lowest BCUT2D eigenvalue weighted by molar-refractivity contribution is 0.241. The molecule has 2 rings (SSSR count). The quantitative estimate of drug-likeness (QED) is 0.876. The Hall–Kier alpha value is -1.39. The molecule has 4 heteroatoms. The first-order valence-electron chi connectivity index (χ1n) is 7.06. The van der Waals surface area contributed by atoms with Gasteiger partial charge in [-0.2, -0.15) is 0 Å². The number of halogens is 1. The zero-order valence-corrected chi connectivity index (χ0v) is 14.4. The van der Waals surface area contributed by atoms with Crippen LogP contribution in [0.5, 0.6) is 5.75 Å². The van der Waals surface area contributed by atoms with Crippen molar-refractivity contribution in [2.24, 2.45) is 0 Å². The van der Waals surface area contributed by atoms with Gasteiger partial charge < -0.3 is 10.1 Å². The van der Waals surface area contributed by atoms with E-state index in [4.69, 9.17) is 4.74 Å². The summed E-state index contributed by atoms with van der Waals surface area (Å²) in [6, 6.07) is 8.47. The first-order valence-corrected chi connectivity index (χ1v) is 7.85. The number of nitrogens with zero attached hydrogens (tertiary/aromatic N) is 1. The number of rotatable bonds is 5. The van der Waals surface area contributed by atoms with E-state index in [0.29, 0.717) is 0 Å². The standard InChI is InChI=1S/C17H21BrN2O/c1-11(2)21-14-8-13(9-20-10-14)17(19-4)15-7-12(3)5-6-16(15)18/h5-11,17,19H,1-4H3. The lowest BCUT2D eigenvalue weighted by Crippen LogP contribution is -2.19. The Morgan fingerprint density at radius 1 is 1.19 bits per heavy atom. The minimum absolute atomic E-state index is 0.0717. The Bertz CT molecular complexity index is 613. The van der Waals surface area contributed by atoms with Crippen molar-refractivity contribution in [3.05, 3.63) is 57.8 Å². The van der Waals surface area contributed by atoms with Crippen LogP contribution in [-0.2, 0) is 0 Å². The number of hydrogen-bond acceptors (Lipinski definition) is 3. The number of benzene rings is 1. The van der Waals surface area contributed by atoms with Crippen molar-refractivity contribution in [1.82, 2.24) is 10.3 Å². The second-order valence-corrected chi connectivity index (χ2v) is 6.22. The summed E-state index contributed by atoms with van der Waals surface area (Å²) >= 11 is 3.64. The SMILES string of the molecule is CNC(c1cncc(OC(C)C)c1)c1cc(C)ccc1Br. The van der Waals surface area contributed by atoms with E-state index in [9.17, 15) is 0 Å². The fourth-order valence-corrected chi connectivity index (χ4v) is 2.79. The van der Waals surface area contributed by atoms with Crippen molar-refractivity contribution in [3.8, 4) is 5.75 Å². The van der Waals surface area contributed by atoms with Crippen LogP contribution in [0.25, 0.3) is 0 Å². The van der Waals surface area contributed by atoms with E-state index in [1.807, 2.05) is 33.2 Å². The summed E-state index contributed by atoms with van der Waals surface area (Å²) in [6.07, 6.45) is 3.77. The van der Waals surface area contributed by atoms with Gasteiger partial charge in [-0.05, 0) is 51.1 Å². The topological polar surface area (TPSA) is 34.2 Å². The maximum atomic E-state index is 5.74. The third kappa shape index (κ3) is 4.05. The molecule has 21 heavy (non-hydrogen) atoms. The minimum atomic E-state index is 0.0717. The van der Waals surface area contributed by atoms with Crippen LogP contribution in [0.3, 0.4) is 0 Å². The molecule has 0 saturated heterocycles.